The van der Waals surface area contributed by atoms with E-state index in [2.05, 4.69) is 4.98 Å². The van der Waals surface area contributed by atoms with Gasteiger partial charge >= 0.3 is 5.97 Å². The fraction of sp³-hybridized carbons (Fsp3) is 0.130. The lowest BCUT2D eigenvalue weighted by atomic mass is 10.2. The molecule has 1 heterocycles. The Bertz CT molecular complexity index is 1160. The Morgan fingerprint density at radius 3 is 2.55 bits per heavy atom. The molecule has 0 spiro atoms. The van der Waals surface area contributed by atoms with Gasteiger partial charge in [-0.1, -0.05) is 41.9 Å². The third-order valence-electron chi connectivity index (χ3n) is 4.65. The largest absolute Gasteiger partial charge is 0.451 e. The van der Waals surface area contributed by atoms with E-state index in [1.54, 1.807) is 13.0 Å². The average molecular weight is 409 g/mol. The van der Waals surface area contributed by atoms with Crippen molar-refractivity contribution >= 4 is 28.6 Å². The molecule has 0 saturated carbocycles. The molecule has 0 saturated heterocycles. The molecule has 1 atom stereocenters. The molecule has 0 bridgehead atoms. The molecule has 0 radical (unpaired) electrons. The molecule has 0 unspecified atom stereocenters. The minimum Gasteiger partial charge on any atom is -0.451 e. The van der Waals surface area contributed by atoms with Gasteiger partial charge in [-0.15, -0.1) is 0 Å². The topological polar surface area (TPSA) is 44.1 Å². The molecule has 0 aliphatic rings. The van der Waals surface area contributed by atoms with Crippen molar-refractivity contribution in [2.45, 2.75) is 19.6 Å². The molecule has 3 aromatic carbocycles. The molecule has 0 aliphatic carbocycles. The van der Waals surface area contributed by atoms with Gasteiger partial charge in [-0.2, -0.15) is 0 Å². The molecule has 1 aromatic heterocycles. The minimum absolute atomic E-state index is 0.284. The van der Waals surface area contributed by atoms with Crippen LogP contribution in [0.3, 0.4) is 0 Å². The van der Waals surface area contributed by atoms with Crippen molar-refractivity contribution in [3.63, 3.8) is 0 Å². The standard InChI is InChI=1S/C23H18ClFN2O2/c1-15(29-23(28)17-7-10-19(25)11-8-17)22-26-20-13-18(24)9-12-21(20)27(22)14-16-5-3-2-4-6-16/h2-13,15H,14H2,1H3/t15-/m1/s1. The van der Waals surface area contributed by atoms with Crippen LogP contribution in [-0.2, 0) is 11.3 Å². The second-order valence-corrected chi connectivity index (χ2v) is 7.17. The number of hydrogen-bond acceptors (Lipinski definition) is 3. The van der Waals surface area contributed by atoms with Crippen molar-refractivity contribution in [3.8, 4) is 0 Å². The number of carbonyl (C=O) groups is 1. The molecule has 4 nitrogen and oxygen atoms in total. The number of fused-ring (bicyclic) bond motifs is 1. The van der Waals surface area contributed by atoms with E-state index in [0.717, 1.165) is 16.6 Å². The number of halogens is 2. The molecule has 6 heteroatoms. The zero-order valence-corrected chi connectivity index (χ0v) is 16.4. The molecule has 0 N–H and O–H groups in total. The van der Waals surface area contributed by atoms with Crippen LogP contribution >= 0.6 is 11.6 Å². The first kappa shape index (κ1) is 19.2. The lowest BCUT2D eigenvalue weighted by Crippen LogP contribution is -2.14. The highest BCUT2D eigenvalue weighted by molar-refractivity contribution is 6.31. The normalized spacial score (nSPS) is 12.1. The molecular formula is C23H18ClFN2O2. The van der Waals surface area contributed by atoms with Crippen LogP contribution in [0.1, 0.15) is 34.8 Å². The summed E-state index contributed by atoms with van der Waals surface area (Å²) in [6.07, 6.45) is -0.609. The lowest BCUT2D eigenvalue weighted by Gasteiger charge is -2.16. The molecule has 29 heavy (non-hydrogen) atoms. The fourth-order valence-corrected chi connectivity index (χ4v) is 3.40. The maximum Gasteiger partial charge on any atom is 0.338 e. The van der Waals surface area contributed by atoms with Crippen LogP contribution < -0.4 is 0 Å². The number of aromatic nitrogens is 2. The minimum atomic E-state index is -0.609. The van der Waals surface area contributed by atoms with Gasteiger partial charge in [0, 0.05) is 11.6 Å². The van der Waals surface area contributed by atoms with E-state index in [1.165, 1.54) is 24.3 Å². The maximum atomic E-state index is 13.1. The third kappa shape index (κ3) is 4.15. The van der Waals surface area contributed by atoms with Crippen LogP contribution in [0.5, 0.6) is 0 Å². The molecule has 4 rings (SSSR count). The van der Waals surface area contributed by atoms with Gasteiger partial charge < -0.3 is 9.30 Å². The number of carbonyl (C=O) groups excluding carboxylic acids is 1. The summed E-state index contributed by atoms with van der Waals surface area (Å²) < 4.78 is 20.8. The number of benzene rings is 3. The Morgan fingerprint density at radius 1 is 1.10 bits per heavy atom. The molecule has 4 aromatic rings. The van der Waals surface area contributed by atoms with Crippen LogP contribution in [0.25, 0.3) is 11.0 Å². The third-order valence-corrected chi connectivity index (χ3v) is 4.89. The molecular weight excluding hydrogens is 391 g/mol. The van der Waals surface area contributed by atoms with Gasteiger partial charge in [0.25, 0.3) is 0 Å². The fourth-order valence-electron chi connectivity index (χ4n) is 3.23. The van der Waals surface area contributed by atoms with Crippen LogP contribution in [0.4, 0.5) is 4.39 Å². The number of ether oxygens (including phenoxy) is 1. The van der Waals surface area contributed by atoms with E-state index in [9.17, 15) is 9.18 Å². The van der Waals surface area contributed by atoms with Gasteiger partial charge in [0.2, 0.25) is 0 Å². The van der Waals surface area contributed by atoms with Crippen molar-refractivity contribution in [2.75, 3.05) is 0 Å². The van der Waals surface area contributed by atoms with Crippen molar-refractivity contribution in [2.24, 2.45) is 0 Å². The first-order chi connectivity index (χ1) is 14.0. The van der Waals surface area contributed by atoms with Crippen molar-refractivity contribution in [1.29, 1.82) is 0 Å². The van der Waals surface area contributed by atoms with Gasteiger partial charge in [-0.25, -0.2) is 14.2 Å². The Labute approximate surface area is 172 Å². The predicted octanol–water partition coefficient (Wildman–Crippen LogP) is 5.80. The van der Waals surface area contributed by atoms with Gasteiger partial charge in [-0.3, -0.25) is 0 Å². The molecule has 0 amide bonds. The van der Waals surface area contributed by atoms with E-state index in [-0.39, 0.29) is 5.56 Å². The number of imidazole rings is 1. The van der Waals surface area contributed by atoms with Gasteiger partial charge in [0.15, 0.2) is 11.9 Å². The highest BCUT2D eigenvalue weighted by Crippen LogP contribution is 2.27. The van der Waals surface area contributed by atoms with E-state index in [4.69, 9.17) is 16.3 Å². The summed E-state index contributed by atoms with van der Waals surface area (Å²) in [7, 11) is 0. The highest BCUT2D eigenvalue weighted by atomic mass is 35.5. The zero-order valence-electron chi connectivity index (χ0n) is 15.7. The second kappa shape index (κ2) is 8.05. The highest BCUT2D eigenvalue weighted by Gasteiger charge is 2.21. The van der Waals surface area contributed by atoms with Crippen LogP contribution in [0.2, 0.25) is 5.02 Å². The summed E-state index contributed by atoms with van der Waals surface area (Å²) >= 11 is 6.13. The van der Waals surface area contributed by atoms with Crippen LogP contribution in [-0.4, -0.2) is 15.5 Å². The van der Waals surface area contributed by atoms with Gasteiger partial charge in [0.05, 0.1) is 16.6 Å². The number of hydrogen-bond donors (Lipinski definition) is 0. The summed E-state index contributed by atoms with van der Waals surface area (Å²) in [4.78, 5) is 17.1. The van der Waals surface area contributed by atoms with Crippen molar-refractivity contribution in [1.82, 2.24) is 9.55 Å². The number of esters is 1. The maximum absolute atomic E-state index is 13.1. The molecule has 146 valence electrons. The van der Waals surface area contributed by atoms with Crippen molar-refractivity contribution in [3.05, 3.63) is 101 Å². The van der Waals surface area contributed by atoms with E-state index < -0.39 is 17.9 Å². The van der Waals surface area contributed by atoms with E-state index >= 15 is 0 Å². The Kier molecular flexibility index (Phi) is 5.32. The summed E-state index contributed by atoms with van der Waals surface area (Å²) in [6, 6.07) is 20.7. The summed E-state index contributed by atoms with van der Waals surface area (Å²) in [5.41, 5.74) is 3.01. The first-order valence-corrected chi connectivity index (χ1v) is 9.55. The lowest BCUT2D eigenvalue weighted by molar-refractivity contribution is 0.0314. The molecule has 0 fully saturated rings. The smallest absolute Gasteiger partial charge is 0.338 e. The molecule has 0 aliphatic heterocycles. The number of rotatable bonds is 5. The number of nitrogens with zero attached hydrogens (tertiary/aromatic N) is 2. The average Bonchev–Trinajstić information content (AvgIpc) is 3.06. The SMILES string of the molecule is C[C@@H](OC(=O)c1ccc(F)cc1)c1nc2cc(Cl)ccc2n1Cc1ccccc1. The summed E-state index contributed by atoms with van der Waals surface area (Å²) in [6.45, 7) is 2.35. The quantitative estimate of drug-likeness (QED) is 0.392. The first-order valence-electron chi connectivity index (χ1n) is 9.17. The van der Waals surface area contributed by atoms with Gasteiger partial charge in [0.1, 0.15) is 5.82 Å². The Morgan fingerprint density at radius 2 is 1.83 bits per heavy atom. The monoisotopic (exact) mass is 408 g/mol. The van der Waals surface area contributed by atoms with E-state index in [1.807, 2.05) is 47.0 Å². The van der Waals surface area contributed by atoms with Gasteiger partial charge in [-0.05, 0) is 55.0 Å². The Hall–Kier alpha value is -3.18. The predicted molar refractivity (Wildman–Crippen MR) is 111 cm³/mol. The second-order valence-electron chi connectivity index (χ2n) is 6.73. The summed E-state index contributed by atoms with van der Waals surface area (Å²) in [5.74, 6) is -0.327. The van der Waals surface area contributed by atoms with E-state index in [0.29, 0.717) is 17.4 Å². The Balaban J connectivity index is 1.68. The zero-order chi connectivity index (χ0) is 20.4. The van der Waals surface area contributed by atoms with Crippen LogP contribution in [0.15, 0.2) is 72.8 Å². The van der Waals surface area contributed by atoms with Crippen molar-refractivity contribution < 1.29 is 13.9 Å². The summed E-state index contributed by atoms with van der Waals surface area (Å²) in [5, 5.41) is 0.587. The van der Waals surface area contributed by atoms with Crippen LogP contribution in [0, 0.1) is 5.82 Å².